The van der Waals surface area contributed by atoms with Gasteiger partial charge in [-0.2, -0.15) is 0 Å². The molecule has 0 saturated carbocycles. The summed E-state index contributed by atoms with van der Waals surface area (Å²) in [5.74, 6) is -0.753. The van der Waals surface area contributed by atoms with Crippen LogP contribution in [0.1, 0.15) is 42.9 Å². The number of hydrogen-bond acceptors (Lipinski definition) is 6. The highest BCUT2D eigenvalue weighted by Crippen LogP contribution is 2.16. The van der Waals surface area contributed by atoms with Gasteiger partial charge in [-0.1, -0.05) is 24.3 Å². The molecule has 160 valence electrons. The van der Waals surface area contributed by atoms with Crippen LogP contribution in [0.4, 0.5) is 5.69 Å². The number of benzene rings is 2. The van der Waals surface area contributed by atoms with Gasteiger partial charge in [-0.25, -0.2) is 4.98 Å². The number of nitrogens with zero attached hydrogens (tertiary/aromatic N) is 1. The number of ether oxygens (including phenoxy) is 1. The minimum atomic E-state index is -1.02. The molecule has 8 heteroatoms. The summed E-state index contributed by atoms with van der Waals surface area (Å²) in [7, 11) is 0. The van der Waals surface area contributed by atoms with Crippen LogP contribution in [0, 0.1) is 0 Å². The molecule has 0 aliphatic carbocycles. The second kappa shape index (κ2) is 9.80. The SMILES string of the molecule is CC(=O)c1ccccc1NC(=O)[C@@H](C)OC(=O)CCCc1nc2ccccc2c(=O)[nH]1. The molecule has 0 aliphatic rings. The zero-order chi connectivity index (χ0) is 22.4. The molecular weight excluding hydrogens is 398 g/mol. The largest absolute Gasteiger partial charge is 0.453 e. The number of carbonyl (C=O) groups is 3. The third-order valence-electron chi connectivity index (χ3n) is 4.70. The van der Waals surface area contributed by atoms with Crippen LogP contribution in [0.5, 0.6) is 0 Å². The van der Waals surface area contributed by atoms with Gasteiger partial charge in [0.2, 0.25) is 0 Å². The molecule has 1 amide bonds. The van der Waals surface area contributed by atoms with Crippen LogP contribution in [0.3, 0.4) is 0 Å². The number of carbonyl (C=O) groups excluding carboxylic acids is 3. The molecule has 3 rings (SSSR count). The van der Waals surface area contributed by atoms with Crippen molar-refractivity contribution in [2.45, 2.75) is 39.2 Å². The molecular formula is C23H23N3O5. The minimum absolute atomic E-state index is 0.0676. The maximum atomic E-state index is 12.3. The average Bonchev–Trinajstić information content (AvgIpc) is 2.74. The van der Waals surface area contributed by atoms with E-state index in [0.717, 1.165) is 0 Å². The predicted molar refractivity (Wildman–Crippen MR) is 116 cm³/mol. The van der Waals surface area contributed by atoms with Gasteiger partial charge in [0.25, 0.3) is 11.5 Å². The first kappa shape index (κ1) is 21.9. The van der Waals surface area contributed by atoms with Gasteiger partial charge in [0.05, 0.1) is 16.6 Å². The molecule has 0 saturated heterocycles. The number of aromatic nitrogens is 2. The quantitative estimate of drug-likeness (QED) is 0.426. The van der Waals surface area contributed by atoms with Crippen molar-refractivity contribution >= 4 is 34.3 Å². The van der Waals surface area contributed by atoms with Crippen LogP contribution in [0.2, 0.25) is 0 Å². The molecule has 0 unspecified atom stereocenters. The molecule has 2 aromatic carbocycles. The Morgan fingerprint density at radius 1 is 1.10 bits per heavy atom. The Morgan fingerprint density at radius 2 is 1.81 bits per heavy atom. The second-order valence-electron chi connectivity index (χ2n) is 7.11. The Morgan fingerprint density at radius 3 is 2.58 bits per heavy atom. The van der Waals surface area contributed by atoms with E-state index in [1.807, 2.05) is 0 Å². The summed E-state index contributed by atoms with van der Waals surface area (Å²) in [5, 5.41) is 3.13. The molecule has 2 N–H and O–H groups in total. The van der Waals surface area contributed by atoms with Crippen molar-refractivity contribution in [3.63, 3.8) is 0 Å². The first-order valence-corrected chi connectivity index (χ1v) is 9.93. The number of rotatable bonds is 8. The number of para-hydroxylation sites is 2. The molecule has 1 atom stereocenters. The molecule has 0 fully saturated rings. The van der Waals surface area contributed by atoms with Crippen molar-refractivity contribution in [1.29, 1.82) is 0 Å². The van der Waals surface area contributed by atoms with E-state index in [1.165, 1.54) is 13.8 Å². The van der Waals surface area contributed by atoms with Gasteiger partial charge in [-0.3, -0.25) is 19.2 Å². The Kier molecular flexibility index (Phi) is 6.92. The molecule has 0 radical (unpaired) electrons. The van der Waals surface area contributed by atoms with Crippen molar-refractivity contribution in [2.75, 3.05) is 5.32 Å². The normalized spacial score (nSPS) is 11.7. The van der Waals surface area contributed by atoms with E-state index in [2.05, 4.69) is 15.3 Å². The fraction of sp³-hybridized carbons (Fsp3) is 0.261. The number of aryl methyl sites for hydroxylation is 1. The lowest BCUT2D eigenvalue weighted by atomic mass is 10.1. The lowest BCUT2D eigenvalue weighted by Gasteiger charge is -2.15. The first-order chi connectivity index (χ1) is 14.8. The summed E-state index contributed by atoms with van der Waals surface area (Å²) >= 11 is 0. The standard InChI is InChI=1S/C23H23N3O5/c1-14(27)16-8-3-5-10-18(16)25-22(29)15(2)31-21(28)13-7-12-20-24-19-11-6-4-9-17(19)23(30)26-20/h3-6,8-11,15H,7,12-13H2,1-2H3,(H,25,29)(H,24,26,30)/t15-/m1/s1. The van der Waals surface area contributed by atoms with Crippen LogP contribution in [-0.2, 0) is 20.7 Å². The van der Waals surface area contributed by atoms with E-state index >= 15 is 0 Å². The number of fused-ring (bicyclic) bond motifs is 1. The molecule has 3 aromatic rings. The fourth-order valence-corrected chi connectivity index (χ4v) is 3.10. The number of anilines is 1. The highest BCUT2D eigenvalue weighted by molar-refractivity contribution is 6.04. The Labute approximate surface area is 178 Å². The lowest BCUT2D eigenvalue weighted by Crippen LogP contribution is -2.30. The van der Waals surface area contributed by atoms with Crippen molar-refractivity contribution in [2.24, 2.45) is 0 Å². The van der Waals surface area contributed by atoms with Crippen LogP contribution < -0.4 is 10.9 Å². The Hall–Kier alpha value is -3.81. The molecule has 1 heterocycles. The number of nitrogens with one attached hydrogen (secondary N) is 2. The van der Waals surface area contributed by atoms with Gasteiger partial charge >= 0.3 is 5.97 Å². The van der Waals surface area contributed by atoms with Crippen LogP contribution in [0.25, 0.3) is 10.9 Å². The summed E-state index contributed by atoms with van der Waals surface area (Å²) in [6.07, 6.45) is -0.159. The molecule has 31 heavy (non-hydrogen) atoms. The number of hydrogen-bond donors (Lipinski definition) is 2. The highest BCUT2D eigenvalue weighted by Gasteiger charge is 2.19. The maximum absolute atomic E-state index is 12.3. The monoisotopic (exact) mass is 421 g/mol. The number of aromatic amines is 1. The van der Waals surface area contributed by atoms with Gasteiger partial charge in [0.1, 0.15) is 5.82 Å². The van der Waals surface area contributed by atoms with Crippen molar-refractivity contribution in [3.05, 3.63) is 70.3 Å². The van der Waals surface area contributed by atoms with Gasteiger partial charge < -0.3 is 15.0 Å². The van der Waals surface area contributed by atoms with Gasteiger partial charge in [0, 0.05) is 18.4 Å². The van der Waals surface area contributed by atoms with Gasteiger partial charge in [0.15, 0.2) is 11.9 Å². The summed E-state index contributed by atoms with van der Waals surface area (Å²) < 4.78 is 5.19. The van der Waals surface area contributed by atoms with E-state index in [4.69, 9.17) is 4.74 Å². The number of H-pyrrole nitrogens is 1. The molecule has 1 aromatic heterocycles. The van der Waals surface area contributed by atoms with Crippen LogP contribution in [0.15, 0.2) is 53.3 Å². The third kappa shape index (κ3) is 5.63. The molecule has 8 nitrogen and oxygen atoms in total. The predicted octanol–water partition coefficient (Wildman–Crippen LogP) is 3.02. The number of ketones is 1. The molecule has 0 spiro atoms. The van der Waals surface area contributed by atoms with E-state index in [-0.39, 0.29) is 17.8 Å². The summed E-state index contributed by atoms with van der Waals surface area (Å²) in [6.45, 7) is 2.87. The lowest BCUT2D eigenvalue weighted by molar-refractivity contribution is -0.153. The van der Waals surface area contributed by atoms with Crippen molar-refractivity contribution < 1.29 is 19.1 Å². The zero-order valence-corrected chi connectivity index (χ0v) is 17.3. The highest BCUT2D eigenvalue weighted by atomic mass is 16.5. The minimum Gasteiger partial charge on any atom is -0.453 e. The first-order valence-electron chi connectivity index (χ1n) is 9.93. The van der Waals surface area contributed by atoms with Gasteiger partial charge in [-0.05, 0) is 44.5 Å². The van der Waals surface area contributed by atoms with E-state index < -0.39 is 18.0 Å². The summed E-state index contributed by atoms with van der Waals surface area (Å²) in [6, 6.07) is 13.6. The zero-order valence-electron chi connectivity index (χ0n) is 17.3. The summed E-state index contributed by atoms with van der Waals surface area (Å²) in [4.78, 5) is 55.3. The topological polar surface area (TPSA) is 118 Å². The smallest absolute Gasteiger partial charge is 0.306 e. The molecule has 0 aliphatic heterocycles. The Bertz CT molecular complexity index is 1190. The second-order valence-corrected chi connectivity index (χ2v) is 7.11. The van der Waals surface area contributed by atoms with Crippen molar-refractivity contribution in [3.8, 4) is 0 Å². The van der Waals surface area contributed by atoms with Gasteiger partial charge in [-0.15, -0.1) is 0 Å². The van der Waals surface area contributed by atoms with Crippen molar-refractivity contribution in [1.82, 2.24) is 9.97 Å². The van der Waals surface area contributed by atoms with E-state index in [9.17, 15) is 19.2 Å². The fourth-order valence-electron chi connectivity index (χ4n) is 3.10. The average molecular weight is 421 g/mol. The molecule has 0 bridgehead atoms. The summed E-state index contributed by atoms with van der Waals surface area (Å²) in [5.41, 5.74) is 1.12. The van der Waals surface area contributed by atoms with E-state index in [1.54, 1.807) is 48.5 Å². The van der Waals surface area contributed by atoms with Crippen LogP contribution in [-0.4, -0.2) is 33.7 Å². The van der Waals surface area contributed by atoms with Crippen LogP contribution >= 0.6 is 0 Å². The number of Topliss-reactive ketones (excluding diaryl/α,β-unsaturated/α-hetero) is 1. The maximum Gasteiger partial charge on any atom is 0.306 e. The Balaban J connectivity index is 1.51. The number of esters is 1. The number of amides is 1. The third-order valence-corrected chi connectivity index (χ3v) is 4.70. The van der Waals surface area contributed by atoms with E-state index in [0.29, 0.717) is 40.8 Å².